The van der Waals surface area contributed by atoms with Gasteiger partial charge in [0, 0.05) is 44.6 Å². The second kappa shape index (κ2) is 4.98. The number of imidazole rings is 1. The first-order chi connectivity index (χ1) is 8.18. The Labute approximate surface area is 101 Å². The summed E-state index contributed by atoms with van der Waals surface area (Å²) in [6, 6.07) is 0. The van der Waals surface area contributed by atoms with Crippen LogP contribution < -0.4 is 5.73 Å². The molecule has 0 aliphatic carbocycles. The van der Waals surface area contributed by atoms with Gasteiger partial charge in [0.2, 0.25) is 0 Å². The summed E-state index contributed by atoms with van der Waals surface area (Å²) in [5, 5.41) is 0. The number of nitrogens with two attached hydrogens (primary N) is 1. The van der Waals surface area contributed by atoms with Crippen molar-refractivity contribution in [1.29, 1.82) is 0 Å². The maximum absolute atomic E-state index is 12.4. The summed E-state index contributed by atoms with van der Waals surface area (Å²) in [6.45, 7) is 1.66. The van der Waals surface area contributed by atoms with Gasteiger partial charge in [0.1, 0.15) is 11.6 Å². The molecule has 0 bridgehead atoms. The number of ketones is 1. The van der Waals surface area contributed by atoms with E-state index in [1.165, 1.54) is 0 Å². The zero-order valence-electron chi connectivity index (χ0n) is 10.2. The van der Waals surface area contributed by atoms with E-state index in [0.717, 1.165) is 18.7 Å². The zero-order chi connectivity index (χ0) is 12.3. The highest BCUT2D eigenvalue weighted by molar-refractivity contribution is 5.86. The molecule has 0 atom stereocenters. The summed E-state index contributed by atoms with van der Waals surface area (Å²) >= 11 is 0. The van der Waals surface area contributed by atoms with Crippen LogP contribution in [0.3, 0.4) is 0 Å². The van der Waals surface area contributed by atoms with Crippen LogP contribution >= 0.6 is 0 Å². The van der Waals surface area contributed by atoms with Gasteiger partial charge in [-0.2, -0.15) is 0 Å². The molecular weight excluding hydrogens is 218 g/mol. The number of aryl methyl sites for hydroxylation is 1. The Morgan fingerprint density at radius 2 is 2.29 bits per heavy atom. The number of hydrogen-bond acceptors (Lipinski definition) is 4. The molecular formula is C12H19N3O2. The molecule has 0 saturated carbocycles. The van der Waals surface area contributed by atoms with Crippen LogP contribution in [0.2, 0.25) is 0 Å². The van der Waals surface area contributed by atoms with Crippen LogP contribution in [0.1, 0.15) is 18.7 Å². The fourth-order valence-electron chi connectivity index (χ4n) is 2.26. The molecule has 5 heteroatoms. The normalized spacial score (nSPS) is 19.2. The lowest BCUT2D eigenvalue weighted by Crippen LogP contribution is -2.44. The molecule has 1 aliphatic heterocycles. The second-order valence-corrected chi connectivity index (χ2v) is 4.65. The van der Waals surface area contributed by atoms with Crippen LogP contribution in [0, 0.1) is 5.41 Å². The number of ether oxygens (including phenoxy) is 1. The SMILES string of the molecule is Cn1ccnc1CC(=O)C1(CN)CCOCC1. The van der Waals surface area contributed by atoms with Gasteiger partial charge in [-0.15, -0.1) is 0 Å². The van der Waals surface area contributed by atoms with E-state index in [1.807, 2.05) is 17.8 Å². The molecule has 1 aromatic rings. The molecule has 0 unspecified atom stereocenters. The number of rotatable bonds is 4. The Morgan fingerprint density at radius 3 is 2.82 bits per heavy atom. The lowest BCUT2D eigenvalue weighted by atomic mass is 9.75. The first-order valence-electron chi connectivity index (χ1n) is 5.95. The summed E-state index contributed by atoms with van der Waals surface area (Å²) in [5.74, 6) is 0.993. The van der Waals surface area contributed by atoms with Gasteiger partial charge in [-0.25, -0.2) is 4.98 Å². The van der Waals surface area contributed by atoms with Gasteiger partial charge >= 0.3 is 0 Å². The first-order valence-corrected chi connectivity index (χ1v) is 5.95. The van der Waals surface area contributed by atoms with Gasteiger partial charge in [-0.05, 0) is 12.8 Å². The molecule has 1 fully saturated rings. The maximum Gasteiger partial charge on any atom is 0.147 e. The largest absolute Gasteiger partial charge is 0.381 e. The van der Waals surface area contributed by atoms with Gasteiger partial charge in [-0.1, -0.05) is 0 Å². The van der Waals surface area contributed by atoms with Gasteiger partial charge in [0.05, 0.1) is 6.42 Å². The van der Waals surface area contributed by atoms with E-state index in [2.05, 4.69) is 4.98 Å². The Kier molecular flexibility index (Phi) is 3.59. The quantitative estimate of drug-likeness (QED) is 0.817. The van der Waals surface area contributed by atoms with E-state index in [0.29, 0.717) is 26.2 Å². The minimum absolute atomic E-state index is 0.192. The molecule has 2 heterocycles. The number of carbonyl (C=O) groups excluding carboxylic acids is 1. The first kappa shape index (κ1) is 12.3. The van der Waals surface area contributed by atoms with E-state index in [4.69, 9.17) is 10.5 Å². The summed E-state index contributed by atoms with van der Waals surface area (Å²) < 4.78 is 7.18. The van der Waals surface area contributed by atoms with Crippen molar-refractivity contribution in [2.24, 2.45) is 18.2 Å². The van der Waals surface area contributed by atoms with Crippen LogP contribution in [0.4, 0.5) is 0 Å². The number of carbonyl (C=O) groups is 1. The maximum atomic E-state index is 12.4. The van der Waals surface area contributed by atoms with Crippen molar-refractivity contribution in [2.45, 2.75) is 19.3 Å². The fourth-order valence-corrected chi connectivity index (χ4v) is 2.26. The summed E-state index contributed by atoms with van der Waals surface area (Å²) in [7, 11) is 1.90. The van der Waals surface area contributed by atoms with Crippen molar-refractivity contribution in [3.8, 4) is 0 Å². The molecule has 1 aromatic heterocycles. The predicted octanol–water partition coefficient (Wildman–Crippen LogP) is 0.287. The second-order valence-electron chi connectivity index (χ2n) is 4.65. The number of Topliss-reactive ketones (excluding diaryl/α,β-unsaturated/α-hetero) is 1. The van der Waals surface area contributed by atoms with Crippen molar-refractivity contribution in [3.05, 3.63) is 18.2 Å². The number of aromatic nitrogens is 2. The molecule has 94 valence electrons. The Bertz CT molecular complexity index is 394. The molecule has 5 nitrogen and oxygen atoms in total. The average molecular weight is 237 g/mol. The number of hydrogen-bond donors (Lipinski definition) is 1. The lowest BCUT2D eigenvalue weighted by Gasteiger charge is -2.34. The zero-order valence-corrected chi connectivity index (χ0v) is 10.2. The van der Waals surface area contributed by atoms with Gasteiger partial charge in [0.15, 0.2) is 0 Å². The van der Waals surface area contributed by atoms with Crippen molar-refractivity contribution in [3.63, 3.8) is 0 Å². The lowest BCUT2D eigenvalue weighted by molar-refractivity contribution is -0.133. The predicted molar refractivity (Wildman–Crippen MR) is 63.5 cm³/mol. The highest BCUT2D eigenvalue weighted by atomic mass is 16.5. The van der Waals surface area contributed by atoms with Crippen molar-refractivity contribution in [2.75, 3.05) is 19.8 Å². The minimum Gasteiger partial charge on any atom is -0.381 e. The van der Waals surface area contributed by atoms with Crippen LogP contribution in [-0.4, -0.2) is 35.1 Å². The number of nitrogens with zero attached hydrogens (tertiary/aromatic N) is 2. The van der Waals surface area contributed by atoms with E-state index < -0.39 is 5.41 Å². The Hall–Kier alpha value is -1.20. The van der Waals surface area contributed by atoms with E-state index in [1.54, 1.807) is 6.20 Å². The average Bonchev–Trinajstić information content (AvgIpc) is 2.76. The third-order valence-corrected chi connectivity index (χ3v) is 3.67. The Morgan fingerprint density at radius 1 is 1.59 bits per heavy atom. The topological polar surface area (TPSA) is 70.1 Å². The van der Waals surface area contributed by atoms with Crippen molar-refractivity contribution in [1.82, 2.24) is 9.55 Å². The molecule has 0 amide bonds. The molecule has 17 heavy (non-hydrogen) atoms. The molecule has 2 N–H and O–H groups in total. The van der Waals surface area contributed by atoms with Crippen LogP contribution in [0.25, 0.3) is 0 Å². The smallest absolute Gasteiger partial charge is 0.147 e. The van der Waals surface area contributed by atoms with E-state index >= 15 is 0 Å². The van der Waals surface area contributed by atoms with Gasteiger partial charge < -0.3 is 15.0 Å². The van der Waals surface area contributed by atoms with Crippen molar-refractivity contribution >= 4 is 5.78 Å². The monoisotopic (exact) mass is 237 g/mol. The van der Waals surface area contributed by atoms with Gasteiger partial charge in [0.25, 0.3) is 0 Å². The molecule has 0 radical (unpaired) electrons. The Balaban J connectivity index is 2.10. The minimum atomic E-state index is -0.399. The molecule has 0 spiro atoms. The summed E-state index contributed by atoms with van der Waals surface area (Å²) in [6.07, 6.45) is 5.38. The summed E-state index contributed by atoms with van der Waals surface area (Å²) in [4.78, 5) is 16.6. The molecule has 0 aromatic carbocycles. The molecule has 2 rings (SSSR count). The fraction of sp³-hybridized carbons (Fsp3) is 0.667. The third kappa shape index (κ3) is 2.40. The third-order valence-electron chi connectivity index (χ3n) is 3.67. The van der Waals surface area contributed by atoms with E-state index in [-0.39, 0.29) is 5.78 Å². The standard InChI is InChI=1S/C12H19N3O2/c1-15-5-4-14-11(15)8-10(16)12(9-13)2-6-17-7-3-12/h4-5H,2-3,6-9,13H2,1H3. The van der Waals surface area contributed by atoms with E-state index in [9.17, 15) is 4.79 Å². The van der Waals surface area contributed by atoms with Crippen LogP contribution in [0.5, 0.6) is 0 Å². The summed E-state index contributed by atoms with van der Waals surface area (Å²) in [5.41, 5.74) is 5.40. The molecule has 1 aliphatic rings. The van der Waals surface area contributed by atoms with Crippen LogP contribution in [-0.2, 0) is 23.0 Å². The highest BCUT2D eigenvalue weighted by Crippen LogP contribution is 2.31. The van der Waals surface area contributed by atoms with Crippen molar-refractivity contribution < 1.29 is 9.53 Å². The van der Waals surface area contributed by atoms with Crippen LogP contribution in [0.15, 0.2) is 12.4 Å². The van der Waals surface area contributed by atoms with Gasteiger partial charge in [-0.3, -0.25) is 4.79 Å². The molecule has 1 saturated heterocycles. The highest BCUT2D eigenvalue weighted by Gasteiger charge is 2.38.